The molecule has 0 radical (unpaired) electrons. The largest absolute Gasteiger partial charge is 0.478 e. The highest BCUT2D eigenvalue weighted by Crippen LogP contribution is 2.18. The van der Waals surface area contributed by atoms with Gasteiger partial charge in [-0.1, -0.05) is 34.7 Å². The molecular formula is C10H9IO4. The van der Waals surface area contributed by atoms with Crippen molar-refractivity contribution in [2.75, 3.05) is 4.43 Å². The fourth-order valence-corrected chi connectivity index (χ4v) is 1.42. The van der Waals surface area contributed by atoms with Crippen molar-refractivity contribution in [3.63, 3.8) is 0 Å². The molecule has 0 aliphatic rings. The number of rotatable bonds is 4. The number of esters is 1. The summed E-state index contributed by atoms with van der Waals surface area (Å²) in [5, 5.41) is 8.82. The first-order chi connectivity index (χ1) is 7.15. The summed E-state index contributed by atoms with van der Waals surface area (Å²) in [5.74, 6) is -1.43. The van der Waals surface area contributed by atoms with Crippen LogP contribution in [0.3, 0.4) is 0 Å². The van der Waals surface area contributed by atoms with Gasteiger partial charge in [-0.15, -0.1) is 0 Å². The molecule has 1 aromatic carbocycles. The minimum absolute atomic E-state index is 0.000641. The van der Waals surface area contributed by atoms with Crippen LogP contribution in [0.25, 0.3) is 0 Å². The molecule has 0 heterocycles. The third-order valence-corrected chi connectivity index (χ3v) is 2.18. The second kappa shape index (κ2) is 5.69. The average molecular weight is 320 g/mol. The van der Waals surface area contributed by atoms with Gasteiger partial charge in [0.05, 0.1) is 6.42 Å². The molecule has 0 amide bonds. The lowest BCUT2D eigenvalue weighted by molar-refractivity contribution is -0.133. The number of alkyl halides is 1. The van der Waals surface area contributed by atoms with Gasteiger partial charge in [0.1, 0.15) is 11.3 Å². The first kappa shape index (κ1) is 12.0. The number of hydrogen-bond acceptors (Lipinski definition) is 3. The topological polar surface area (TPSA) is 63.6 Å². The molecule has 0 bridgehead atoms. The molecule has 0 atom stereocenters. The molecule has 0 aromatic heterocycles. The zero-order valence-electron chi connectivity index (χ0n) is 7.77. The fourth-order valence-electron chi connectivity index (χ4n) is 0.983. The van der Waals surface area contributed by atoms with E-state index < -0.39 is 11.9 Å². The van der Waals surface area contributed by atoms with Crippen LogP contribution in [0.2, 0.25) is 0 Å². The van der Waals surface area contributed by atoms with E-state index in [1.807, 2.05) is 0 Å². The lowest BCUT2D eigenvalue weighted by atomic mass is 10.2. The minimum Gasteiger partial charge on any atom is -0.478 e. The Bertz CT molecular complexity index is 375. The molecule has 5 heteroatoms. The Morgan fingerprint density at radius 1 is 1.33 bits per heavy atom. The summed E-state index contributed by atoms with van der Waals surface area (Å²) in [6, 6.07) is 6.07. The highest BCUT2D eigenvalue weighted by Gasteiger charge is 2.12. The second-order valence-corrected chi connectivity index (χ2v) is 3.79. The molecule has 0 saturated heterocycles. The van der Waals surface area contributed by atoms with E-state index >= 15 is 0 Å². The van der Waals surface area contributed by atoms with Gasteiger partial charge in [0.25, 0.3) is 0 Å². The van der Waals surface area contributed by atoms with E-state index in [9.17, 15) is 9.59 Å². The number of carboxylic acid groups (broad SMARTS) is 1. The van der Waals surface area contributed by atoms with Gasteiger partial charge >= 0.3 is 11.9 Å². The zero-order chi connectivity index (χ0) is 11.3. The number of benzene rings is 1. The maximum absolute atomic E-state index is 11.2. The van der Waals surface area contributed by atoms with Crippen molar-refractivity contribution in [1.82, 2.24) is 0 Å². The molecule has 80 valence electrons. The molecule has 0 unspecified atom stereocenters. The van der Waals surface area contributed by atoms with Gasteiger partial charge in [-0.25, -0.2) is 4.79 Å². The van der Waals surface area contributed by atoms with Crippen LogP contribution in [0.1, 0.15) is 16.8 Å². The Morgan fingerprint density at radius 3 is 2.60 bits per heavy atom. The summed E-state index contributed by atoms with van der Waals surface area (Å²) in [6.45, 7) is 0. The molecule has 15 heavy (non-hydrogen) atoms. The highest BCUT2D eigenvalue weighted by atomic mass is 127. The maximum Gasteiger partial charge on any atom is 0.339 e. The molecule has 0 saturated carbocycles. The SMILES string of the molecule is O=C(CCI)Oc1ccccc1C(=O)O. The molecular weight excluding hydrogens is 311 g/mol. The number of carboxylic acids is 1. The third-order valence-electron chi connectivity index (χ3n) is 1.64. The van der Waals surface area contributed by atoms with Crippen molar-refractivity contribution >= 4 is 34.5 Å². The third kappa shape index (κ3) is 3.50. The molecule has 1 rings (SSSR count). The summed E-state index contributed by atoms with van der Waals surface area (Å²) in [5.41, 5.74) is -0.000641. The van der Waals surface area contributed by atoms with Gasteiger partial charge < -0.3 is 9.84 Å². The summed E-state index contributed by atoms with van der Waals surface area (Å²) >= 11 is 2.05. The van der Waals surface area contributed by atoms with E-state index in [2.05, 4.69) is 22.6 Å². The molecule has 0 aliphatic heterocycles. The van der Waals surface area contributed by atoms with Crippen molar-refractivity contribution in [2.24, 2.45) is 0 Å². The Morgan fingerprint density at radius 2 is 2.00 bits per heavy atom. The smallest absolute Gasteiger partial charge is 0.339 e. The lowest BCUT2D eigenvalue weighted by Crippen LogP contribution is -2.11. The second-order valence-electron chi connectivity index (χ2n) is 2.71. The number of ether oxygens (including phenoxy) is 1. The van der Waals surface area contributed by atoms with Crippen LogP contribution >= 0.6 is 22.6 Å². The number of halogens is 1. The summed E-state index contributed by atoms with van der Waals surface area (Å²) in [4.78, 5) is 21.9. The van der Waals surface area contributed by atoms with Crippen LogP contribution < -0.4 is 4.74 Å². The van der Waals surface area contributed by atoms with E-state index in [4.69, 9.17) is 9.84 Å². The molecule has 0 aliphatic carbocycles. The predicted octanol–water partition coefficient (Wildman–Crippen LogP) is 2.12. The van der Waals surface area contributed by atoms with E-state index in [-0.39, 0.29) is 17.7 Å². The Labute approximate surface area is 100 Å². The van der Waals surface area contributed by atoms with Crippen molar-refractivity contribution < 1.29 is 19.4 Å². The normalized spacial score (nSPS) is 9.67. The zero-order valence-corrected chi connectivity index (χ0v) is 9.93. The van der Waals surface area contributed by atoms with Crippen LogP contribution in [0.4, 0.5) is 0 Å². The molecule has 0 spiro atoms. The first-order valence-corrected chi connectivity index (χ1v) is 5.76. The molecule has 0 fully saturated rings. The van der Waals surface area contributed by atoms with Crippen molar-refractivity contribution in [2.45, 2.75) is 6.42 Å². The van der Waals surface area contributed by atoms with Crippen LogP contribution in [0.15, 0.2) is 24.3 Å². The Hall–Kier alpha value is -1.11. The van der Waals surface area contributed by atoms with Crippen molar-refractivity contribution in [1.29, 1.82) is 0 Å². The predicted molar refractivity (Wildman–Crippen MR) is 62.5 cm³/mol. The van der Waals surface area contributed by atoms with Gasteiger partial charge in [0.15, 0.2) is 0 Å². The van der Waals surface area contributed by atoms with E-state index in [1.54, 1.807) is 12.1 Å². The number of carbonyl (C=O) groups excluding carboxylic acids is 1. The lowest BCUT2D eigenvalue weighted by Gasteiger charge is -2.05. The molecule has 4 nitrogen and oxygen atoms in total. The van der Waals surface area contributed by atoms with Crippen molar-refractivity contribution in [3.8, 4) is 5.75 Å². The summed E-state index contributed by atoms with van der Waals surface area (Å²) in [7, 11) is 0. The van der Waals surface area contributed by atoms with Gasteiger partial charge in [-0.05, 0) is 12.1 Å². The van der Waals surface area contributed by atoms with Crippen LogP contribution in [0.5, 0.6) is 5.75 Å². The number of aromatic carboxylic acids is 1. The molecule has 1 N–H and O–H groups in total. The van der Waals surface area contributed by atoms with E-state index in [1.165, 1.54) is 12.1 Å². The van der Waals surface area contributed by atoms with Gasteiger partial charge in [0.2, 0.25) is 0 Å². The highest BCUT2D eigenvalue weighted by molar-refractivity contribution is 14.1. The quantitative estimate of drug-likeness (QED) is 0.399. The summed E-state index contributed by atoms with van der Waals surface area (Å²) in [6.07, 6.45) is 0.272. The standard InChI is InChI=1S/C10H9IO4/c11-6-5-9(12)15-8-4-2-1-3-7(8)10(13)14/h1-4H,5-6H2,(H,13,14). The minimum atomic E-state index is -1.10. The monoisotopic (exact) mass is 320 g/mol. The van der Waals surface area contributed by atoms with Crippen molar-refractivity contribution in [3.05, 3.63) is 29.8 Å². The van der Waals surface area contributed by atoms with Crippen LogP contribution in [0, 0.1) is 0 Å². The maximum atomic E-state index is 11.2. The van der Waals surface area contributed by atoms with Crippen LogP contribution in [-0.4, -0.2) is 21.5 Å². The number of hydrogen-bond donors (Lipinski definition) is 1. The van der Waals surface area contributed by atoms with Gasteiger partial charge in [-0.3, -0.25) is 4.79 Å². The number of para-hydroxylation sites is 1. The van der Waals surface area contributed by atoms with E-state index in [0.29, 0.717) is 4.43 Å². The number of carbonyl (C=O) groups is 2. The Balaban J connectivity index is 2.84. The average Bonchev–Trinajstić information content (AvgIpc) is 2.18. The first-order valence-electron chi connectivity index (χ1n) is 4.24. The summed E-state index contributed by atoms with van der Waals surface area (Å²) < 4.78 is 5.57. The van der Waals surface area contributed by atoms with Gasteiger partial charge in [0, 0.05) is 4.43 Å². The molecule has 1 aromatic rings. The van der Waals surface area contributed by atoms with Crippen LogP contribution in [-0.2, 0) is 4.79 Å². The Kier molecular flexibility index (Phi) is 4.54. The fraction of sp³-hybridized carbons (Fsp3) is 0.200. The van der Waals surface area contributed by atoms with Gasteiger partial charge in [-0.2, -0.15) is 0 Å². The van der Waals surface area contributed by atoms with E-state index in [0.717, 1.165) is 0 Å².